The van der Waals surface area contributed by atoms with E-state index in [-0.39, 0.29) is 40.8 Å². The fourth-order valence-electron chi connectivity index (χ4n) is 5.83. The molecule has 3 aliphatic rings. The summed E-state index contributed by atoms with van der Waals surface area (Å²) in [5.74, 6) is -5.05. The topological polar surface area (TPSA) is 206 Å². The SMILES string of the molecule is COc1cccc2c1C(=O)c1c(O)c3c(c(O)c1C2=O)C[C@H](O)C(C(=O)CO)C3O[C@H]1C[C@H](N)[C@H](O)[C@H](C)O1. The van der Waals surface area contributed by atoms with Crippen LogP contribution in [0.1, 0.15) is 62.4 Å². The predicted molar refractivity (Wildman–Crippen MR) is 132 cm³/mol. The van der Waals surface area contributed by atoms with Crippen LogP contribution in [-0.2, 0) is 20.7 Å². The van der Waals surface area contributed by atoms with Crippen molar-refractivity contribution in [3.05, 3.63) is 51.6 Å². The van der Waals surface area contributed by atoms with E-state index in [2.05, 4.69) is 0 Å². The van der Waals surface area contributed by atoms with E-state index in [4.69, 9.17) is 19.9 Å². The van der Waals surface area contributed by atoms with Gasteiger partial charge in [-0.25, -0.2) is 0 Å². The Balaban J connectivity index is 1.70. The molecule has 2 unspecified atom stereocenters. The Bertz CT molecular complexity index is 1360. The van der Waals surface area contributed by atoms with Gasteiger partial charge in [0, 0.05) is 35.6 Å². The summed E-state index contributed by atoms with van der Waals surface area (Å²) in [4.78, 5) is 39.9. The molecule has 7 N–H and O–H groups in total. The molecule has 2 aliphatic carbocycles. The summed E-state index contributed by atoms with van der Waals surface area (Å²) in [7, 11) is 1.32. The summed E-state index contributed by atoms with van der Waals surface area (Å²) in [5.41, 5.74) is 4.64. The molecule has 1 fully saturated rings. The summed E-state index contributed by atoms with van der Waals surface area (Å²) in [6.45, 7) is 0.603. The number of ketones is 3. The first-order valence-corrected chi connectivity index (χ1v) is 12.4. The Kier molecular flexibility index (Phi) is 6.95. The summed E-state index contributed by atoms with van der Waals surface area (Å²) in [6, 6.07) is 3.62. The number of rotatable bonds is 5. The van der Waals surface area contributed by atoms with Gasteiger partial charge in [-0.15, -0.1) is 0 Å². The van der Waals surface area contributed by atoms with Crippen molar-refractivity contribution in [3.8, 4) is 17.2 Å². The van der Waals surface area contributed by atoms with Gasteiger partial charge in [0.2, 0.25) is 5.78 Å². The lowest BCUT2D eigenvalue weighted by molar-refractivity contribution is -0.251. The molecule has 1 aliphatic heterocycles. The van der Waals surface area contributed by atoms with Gasteiger partial charge in [-0.1, -0.05) is 12.1 Å². The number of carbonyl (C=O) groups is 3. The first-order chi connectivity index (χ1) is 18.5. The number of methoxy groups -OCH3 is 1. The van der Waals surface area contributed by atoms with Crippen molar-refractivity contribution in [1.82, 2.24) is 0 Å². The summed E-state index contributed by atoms with van der Waals surface area (Å²) in [6.07, 6.45) is -6.28. The van der Waals surface area contributed by atoms with Crippen LogP contribution in [0, 0.1) is 5.92 Å². The molecule has 0 aromatic heterocycles. The number of aliphatic hydroxyl groups excluding tert-OH is 3. The number of nitrogens with two attached hydrogens (primary N) is 1. The molecule has 5 rings (SSSR count). The second-order valence-electron chi connectivity index (χ2n) is 10.0. The standard InChI is InChI=1S/C27H29NO11/c1-9-22(32)12(28)7-16(38-9)39-27-18-11(6-13(30)19(27)14(31)8-29)24(34)20-21(26(18)36)25(35)17-10(23(20)33)4-3-5-15(17)37-2/h3-5,9,12-13,16,19,22,27,29-30,32,34,36H,6-8,28H2,1-2H3/t9-,12-,13-,16-,19?,22+,27?/m0/s1. The number of Topliss-reactive ketones (excluding diaryl/α,β-unsaturated/α-hetero) is 1. The predicted octanol–water partition coefficient (Wildman–Crippen LogP) is -0.143. The zero-order chi connectivity index (χ0) is 28.3. The minimum absolute atomic E-state index is 0.0207. The zero-order valence-electron chi connectivity index (χ0n) is 21.2. The molecular weight excluding hydrogens is 514 g/mol. The maximum Gasteiger partial charge on any atom is 0.202 e. The van der Waals surface area contributed by atoms with Crippen molar-refractivity contribution in [3.63, 3.8) is 0 Å². The Hall–Kier alpha value is -3.39. The molecule has 0 saturated carbocycles. The molecule has 2 aromatic rings. The van der Waals surface area contributed by atoms with E-state index in [1.807, 2.05) is 0 Å². The highest BCUT2D eigenvalue weighted by atomic mass is 16.7. The third-order valence-corrected chi connectivity index (χ3v) is 7.78. The van der Waals surface area contributed by atoms with E-state index in [1.54, 1.807) is 6.92 Å². The summed E-state index contributed by atoms with van der Waals surface area (Å²) < 4.78 is 17.0. The lowest BCUT2D eigenvalue weighted by Gasteiger charge is -2.42. The number of phenolic OH excluding ortho intramolecular Hbond substituents is 2. The lowest BCUT2D eigenvalue weighted by Crippen LogP contribution is -2.53. The Morgan fingerprint density at radius 3 is 2.44 bits per heavy atom. The fourth-order valence-corrected chi connectivity index (χ4v) is 5.83. The van der Waals surface area contributed by atoms with Gasteiger partial charge in [0.15, 0.2) is 17.9 Å². The number of phenols is 2. The maximum atomic E-state index is 13.7. The van der Waals surface area contributed by atoms with E-state index < -0.39 is 89.2 Å². The van der Waals surface area contributed by atoms with Crippen LogP contribution >= 0.6 is 0 Å². The van der Waals surface area contributed by atoms with Gasteiger partial charge in [0.05, 0.1) is 48.0 Å². The van der Waals surface area contributed by atoms with Gasteiger partial charge in [0.1, 0.15) is 30.0 Å². The molecule has 1 heterocycles. The fraction of sp³-hybridized carbons (Fsp3) is 0.444. The van der Waals surface area contributed by atoms with Gasteiger partial charge < -0.3 is 45.5 Å². The van der Waals surface area contributed by atoms with Crippen LogP contribution in [0.2, 0.25) is 0 Å². The van der Waals surface area contributed by atoms with Gasteiger partial charge in [0.25, 0.3) is 0 Å². The first kappa shape index (κ1) is 27.2. The van der Waals surface area contributed by atoms with Crippen LogP contribution < -0.4 is 10.5 Å². The third kappa shape index (κ3) is 4.11. The number of aromatic hydroxyl groups is 2. The number of benzene rings is 2. The highest BCUT2D eigenvalue weighted by Gasteiger charge is 2.49. The lowest BCUT2D eigenvalue weighted by atomic mass is 9.72. The molecule has 12 nitrogen and oxygen atoms in total. The Morgan fingerprint density at radius 2 is 1.79 bits per heavy atom. The van der Waals surface area contributed by atoms with Crippen molar-refractivity contribution in [1.29, 1.82) is 0 Å². The van der Waals surface area contributed by atoms with Crippen LogP contribution in [0.4, 0.5) is 0 Å². The van der Waals surface area contributed by atoms with E-state index in [0.717, 1.165) is 0 Å². The largest absolute Gasteiger partial charge is 0.507 e. The third-order valence-electron chi connectivity index (χ3n) is 7.78. The van der Waals surface area contributed by atoms with Crippen LogP contribution in [-0.4, -0.2) is 87.2 Å². The monoisotopic (exact) mass is 543 g/mol. The average molecular weight is 544 g/mol. The second kappa shape index (κ2) is 9.97. The molecule has 0 bridgehead atoms. The van der Waals surface area contributed by atoms with Crippen LogP contribution in [0.15, 0.2) is 18.2 Å². The molecule has 1 saturated heterocycles. The van der Waals surface area contributed by atoms with Crippen molar-refractivity contribution in [2.75, 3.05) is 13.7 Å². The van der Waals surface area contributed by atoms with Gasteiger partial charge >= 0.3 is 0 Å². The van der Waals surface area contributed by atoms with Crippen LogP contribution in [0.25, 0.3) is 0 Å². The molecule has 7 atom stereocenters. The van der Waals surface area contributed by atoms with Crippen molar-refractivity contribution in [2.45, 2.75) is 56.5 Å². The smallest absolute Gasteiger partial charge is 0.202 e. The highest BCUT2D eigenvalue weighted by Crippen LogP contribution is 2.52. The Labute approximate surface area is 222 Å². The van der Waals surface area contributed by atoms with Crippen LogP contribution in [0.3, 0.4) is 0 Å². The normalized spacial score (nSPS) is 29.8. The zero-order valence-corrected chi connectivity index (χ0v) is 21.2. The minimum atomic E-state index is -1.51. The molecular formula is C27H29NO11. The van der Waals surface area contributed by atoms with Crippen LogP contribution in [0.5, 0.6) is 17.2 Å². The van der Waals surface area contributed by atoms with E-state index in [0.29, 0.717) is 0 Å². The maximum absolute atomic E-state index is 13.7. The van der Waals surface area contributed by atoms with Crippen molar-refractivity contribution >= 4 is 17.3 Å². The van der Waals surface area contributed by atoms with Gasteiger partial charge in [-0.2, -0.15) is 0 Å². The molecule has 0 spiro atoms. The first-order valence-electron chi connectivity index (χ1n) is 12.4. The number of fused-ring (bicyclic) bond motifs is 3. The van der Waals surface area contributed by atoms with E-state index in [1.165, 1.54) is 25.3 Å². The number of carbonyl (C=O) groups excluding carboxylic acids is 3. The number of ether oxygens (including phenoxy) is 3. The molecule has 2 aromatic carbocycles. The van der Waals surface area contributed by atoms with Gasteiger partial charge in [-0.3, -0.25) is 14.4 Å². The molecule has 39 heavy (non-hydrogen) atoms. The summed E-state index contributed by atoms with van der Waals surface area (Å²) in [5, 5.41) is 53.5. The molecule has 208 valence electrons. The number of hydrogen-bond donors (Lipinski definition) is 6. The van der Waals surface area contributed by atoms with Gasteiger partial charge in [-0.05, 0) is 13.0 Å². The molecule has 0 radical (unpaired) electrons. The second-order valence-corrected chi connectivity index (χ2v) is 10.0. The minimum Gasteiger partial charge on any atom is -0.507 e. The molecule has 0 amide bonds. The molecule has 12 heteroatoms. The average Bonchev–Trinajstić information content (AvgIpc) is 2.91. The number of aliphatic hydroxyl groups is 3. The quantitative estimate of drug-likeness (QED) is 0.233. The van der Waals surface area contributed by atoms with E-state index >= 15 is 0 Å². The number of hydrogen-bond acceptors (Lipinski definition) is 12. The Morgan fingerprint density at radius 1 is 1.10 bits per heavy atom. The van der Waals surface area contributed by atoms with E-state index in [9.17, 15) is 39.9 Å². The van der Waals surface area contributed by atoms with Crippen molar-refractivity contribution in [2.24, 2.45) is 11.7 Å². The summed E-state index contributed by atoms with van der Waals surface area (Å²) >= 11 is 0. The van der Waals surface area contributed by atoms with Crippen molar-refractivity contribution < 1.29 is 54.1 Å². The highest BCUT2D eigenvalue weighted by molar-refractivity contribution is 6.31.